The fourth-order valence-electron chi connectivity index (χ4n) is 6.06. The number of anilines is 2. The van der Waals surface area contributed by atoms with Gasteiger partial charge in [0, 0.05) is 71.0 Å². The maximum absolute atomic E-state index is 12.9. The minimum Gasteiger partial charge on any atom is -0.481 e. The predicted octanol–water partition coefficient (Wildman–Crippen LogP) is 8.03. The minimum atomic E-state index is -3.17. The average Bonchev–Trinajstić information content (AvgIpc) is 3.97. The fourth-order valence-corrected chi connectivity index (χ4v) is 9.87. The van der Waals surface area contributed by atoms with Crippen molar-refractivity contribution < 1.29 is 31.5 Å². The van der Waals surface area contributed by atoms with E-state index in [4.69, 9.17) is 28.3 Å². The zero-order chi connectivity index (χ0) is 43.9. The largest absolute Gasteiger partial charge is 0.481 e. The quantitative estimate of drug-likeness (QED) is 0.120. The molecule has 0 spiro atoms. The molecule has 4 aromatic heterocycles. The number of carboxylic acid groups (broad SMARTS) is 1. The van der Waals surface area contributed by atoms with Crippen LogP contribution >= 0.6 is 45.9 Å². The van der Waals surface area contributed by atoms with Crippen molar-refractivity contribution in [3.63, 3.8) is 0 Å². The molecule has 2 saturated heterocycles. The van der Waals surface area contributed by atoms with E-state index in [1.54, 1.807) is 36.4 Å². The summed E-state index contributed by atoms with van der Waals surface area (Å²) in [5.74, 6) is 1.05. The lowest BCUT2D eigenvalue weighted by Crippen LogP contribution is -2.37. The second-order valence-corrected chi connectivity index (χ2v) is 24.2. The number of nitrogens with zero attached hydrogens (tertiary/aromatic N) is 5. The van der Waals surface area contributed by atoms with Gasteiger partial charge in [-0.05, 0) is 70.7 Å². The number of carbonyl (C=O) groups excluding carboxylic acids is 1. The van der Waals surface area contributed by atoms with Crippen molar-refractivity contribution in [1.82, 2.24) is 28.6 Å². The van der Waals surface area contributed by atoms with Gasteiger partial charge in [-0.15, -0.1) is 22.7 Å². The van der Waals surface area contributed by atoms with Gasteiger partial charge < -0.3 is 15.7 Å². The fraction of sp³-hybridized carbons (Fsp3) is 0.579. The molecular weight excluding hydrogens is 880 g/mol. The van der Waals surface area contributed by atoms with E-state index in [0.717, 1.165) is 48.5 Å². The average molecular weight is 936 g/mol. The number of aromatic amines is 1. The maximum Gasteiger partial charge on any atom is 0.308 e. The molecule has 0 amide bonds. The third-order valence-electron chi connectivity index (χ3n) is 9.65. The zero-order valence-corrected chi connectivity index (χ0v) is 39.5. The van der Waals surface area contributed by atoms with Crippen LogP contribution in [0.25, 0.3) is 0 Å². The number of piperidine rings is 2. The lowest BCUT2D eigenvalue weighted by atomic mass is 9.95. The lowest BCUT2D eigenvalue weighted by Gasteiger charge is -2.29. The van der Waals surface area contributed by atoms with Crippen molar-refractivity contribution in [3.8, 4) is 0 Å². The highest BCUT2D eigenvalue weighted by atomic mass is 35.5. The number of aromatic nitrogens is 4. The summed E-state index contributed by atoms with van der Waals surface area (Å²) in [6.07, 6.45) is 5.51. The Bertz CT molecular complexity index is 2240. The molecule has 2 fully saturated rings. The molecule has 0 unspecified atom stereocenters. The van der Waals surface area contributed by atoms with Crippen LogP contribution < -0.4 is 10.6 Å². The lowest BCUT2D eigenvalue weighted by molar-refractivity contribution is -0.145. The first kappa shape index (κ1) is 48.6. The van der Waals surface area contributed by atoms with E-state index >= 15 is 0 Å². The van der Waals surface area contributed by atoms with Crippen molar-refractivity contribution >= 4 is 89.4 Å². The van der Waals surface area contributed by atoms with E-state index in [9.17, 15) is 26.4 Å². The molecule has 2 aliphatic heterocycles. The molecule has 15 nitrogen and oxygen atoms in total. The van der Waals surface area contributed by atoms with E-state index in [1.807, 2.05) is 57.2 Å². The van der Waals surface area contributed by atoms with E-state index < -0.39 is 36.8 Å². The predicted molar refractivity (Wildman–Crippen MR) is 238 cm³/mol. The molecule has 6 heterocycles. The third kappa shape index (κ3) is 14.8. The molecule has 0 radical (unpaired) electrons. The van der Waals surface area contributed by atoms with Gasteiger partial charge in [0.1, 0.15) is 11.6 Å². The molecule has 4 aromatic rings. The second-order valence-electron chi connectivity index (χ2n) is 16.7. The molecule has 0 bridgehead atoms. The first-order chi connectivity index (χ1) is 27.3. The number of nitrogens with one attached hydrogen (secondary N) is 3. The number of aliphatic carboxylic acids is 1. The summed E-state index contributed by atoms with van der Waals surface area (Å²) in [5.41, 5.74) is 0.721. The standard InChI is InChI=1S/C19H27ClN4O3S2.C14H19ClN4O2S2.C5H10O2/c1-19(2,3)18(25)24-17(21-12-14-5-6-16(20)28-14)11-15(22-24)13-7-9-23(10-8-13)29(4,26)27;1-23(20,21)19-6-4-10(5-7-19)12-8-14(18-17-12)16-9-11-2-3-13(15)22-11;1-5(2,3)4(6)7/h5-6,11,13,21H,7-10,12H2,1-4H3;2-3,8,10H,4-7,9H2,1H3,(H2,16,17,18);1-3H3,(H,6,7). The number of H-pyrrole nitrogens is 1. The van der Waals surface area contributed by atoms with Crippen LogP contribution in [0.3, 0.4) is 0 Å². The molecule has 0 saturated carbocycles. The van der Waals surface area contributed by atoms with E-state index in [2.05, 4.69) is 25.9 Å². The van der Waals surface area contributed by atoms with Gasteiger partial charge in [-0.1, -0.05) is 44.0 Å². The van der Waals surface area contributed by atoms with Crippen LogP contribution in [0.4, 0.5) is 11.6 Å². The van der Waals surface area contributed by atoms with Gasteiger partial charge in [-0.25, -0.2) is 25.4 Å². The van der Waals surface area contributed by atoms with Crippen molar-refractivity contribution in [3.05, 3.63) is 66.2 Å². The van der Waals surface area contributed by atoms with Gasteiger partial charge in [0.05, 0.1) is 45.4 Å². The van der Waals surface area contributed by atoms with Gasteiger partial charge >= 0.3 is 5.97 Å². The van der Waals surface area contributed by atoms with Crippen LogP contribution in [-0.4, -0.2) is 101 Å². The minimum absolute atomic E-state index is 0.0935. The number of thiophene rings is 2. The second kappa shape index (κ2) is 20.2. The van der Waals surface area contributed by atoms with E-state index in [0.29, 0.717) is 63.8 Å². The van der Waals surface area contributed by atoms with Gasteiger partial charge in [-0.3, -0.25) is 14.7 Å². The highest BCUT2D eigenvalue weighted by Gasteiger charge is 2.31. The molecule has 2 aliphatic rings. The Labute approximate surface area is 366 Å². The van der Waals surface area contributed by atoms with Crippen LogP contribution in [0.5, 0.6) is 0 Å². The van der Waals surface area contributed by atoms with Crippen molar-refractivity contribution in [1.29, 1.82) is 0 Å². The Kier molecular flexibility index (Phi) is 16.7. The van der Waals surface area contributed by atoms with E-state index in [1.165, 1.54) is 32.8 Å². The number of hydrogen-bond donors (Lipinski definition) is 4. The summed E-state index contributed by atoms with van der Waals surface area (Å²) >= 11 is 15.0. The molecule has 0 atom stereocenters. The van der Waals surface area contributed by atoms with Gasteiger partial charge in [-0.2, -0.15) is 14.9 Å². The summed E-state index contributed by atoms with van der Waals surface area (Å²) in [6, 6.07) is 11.6. The van der Waals surface area contributed by atoms with Crippen LogP contribution in [0.2, 0.25) is 8.67 Å². The molecule has 21 heteroatoms. The van der Waals surface area contributed by atoms with Crippen LogP contribution in [0.15, 0.2) is 36.4 Å². The van der Waals surface area contributed by atoms with Crippen molar-refractivity contribution in [2.75, 3.05) is 49.3 Å². The van der Waals surface area contributed by atoms with Crippen LogP contribution in [0, 0.1) is 10.8 Å². The monoisotopic (exact) mass is 934 g/mol. The molecular formula is C38H56Cl2N8O7S4. The van der Waals surface area contributed by atoms with Gasteiger partial charge in [0.2, 0.25) is 20.0 Å². The summed E-state index contributed by atoms with van der Waals surface area (Å²) in [4.78, 5) is 25.2. The Morgan fingerprint density at radius 2 is 1.24 bits per heavy atom. The van der Waals surface area contributed by atoms with Gasteiger partial charge in [0.15, 0.2) is 0 Å². The van der Waals surface area contributed by atoms with Gasteiger partial charge in [0.25, 0.3) is 5.91 Å². The first-order valence-electron chi connectivity index (χ1n) is 19.1. The molecule has 59 heavy (non-hydrogen) atoms. The van der Waals surface area contributed by atoms with Crippen LogP contribution in [0.1, 0.15) is 105 Å². The number of carbonyl (C=O) groups is 2. The SMILES string of the molecule is CC(C)(C)C(=O)O.CC(C)(C)C(=O)n1nc(C2CCN(S(C)(=O)=O)CC2)cc1NCc1ccc(Cl)s1.CS(=O)(=O)N1CCC(c2cc(NCc3ccc(Cl)s3)n[nH]2)CC1. The smallest absolute Gasteiger partial charge is 0.308 e. The van der Waals surface area contributed by atoms with Crippen LogP contribution in [-0.2, 0) is 37.9 Å². The summed E-state index contributed by atoms with van der Waals surface area (Å²) in [7, 11) is -6.25. The first-order valence-corrected chi connectivity index (χ1v) is 25.2. The Hall–Kier alpha value is -3.04. The Morgan fingerprint density at radius 1 is 0.780 bits per heavy atom. The highest BCUT2D eigenvalue weighted by molar-refractivity contribution is 7.88. The molecule has 0 aliphatic carbocycles. The number of carboxylic acids is 1. The molecule has 0 aromatic carbocycles. The molecule has 4 N–H and O–H groups in total. The molecule has 328 valence electrons. The Balaban J connectivity index is 0.000000229. The maximum atomic E-state index is 12.9. The number of halogens is 2. The summed E-state index contributed by atoms with van der Waals surface area (Å²) < 4.78 is 52.6. The van der Waals surface area contributed by atoms with Crippen molar-refractivity contribution in [2.24, 2.45) is 10.8 Å². The summed E-state index contributed by atoms with van der Waals surface area (Å²) in [6.45, 7) is 13.9. The van der Waals surface area contributed by atoms with Crippen molar-refractivity contribution in [2.45, 2.75) is 92.2 Å². The van der Waals surface area contributed by atoms with E-state index in [-0.39, 0.29) is 11.8 Å². The topological polar surface area (TPSA) is 200 Å². The number of hydrogen-bond acceptors (Lipinski definition) is 12. The normalized spacial score (nSPS) is 16.4. The highest BCUT2D eigenvalue weighted by Crippen LogP contribution is 2.32. The third-order valence-corrected chi connectivity index (χ3v) is 14.7. The number of rotatable bonds is 10. The molecule has 6 rings (SSSR count). The zero-order valence-electron chi connectivity index (χ0n) is 34.7. The number of sulfonamides is 2. The summed E-state index contributed by atoms with van der Waals surface area (Å²) in [5, 5.41) is 26.8. The Morgan fingerprint density at radius 3 is 1.64 bits per heavy atom.